The number of aryl methyl sites for hydroxylation is 1. The van der Waals surface area contributed by atoms with Crippen LogP contribution in [0.15, 0.2) is 11.4 Å². The number of hydrogen-bond acceptors (Lipinski definition) is 2. The molecule has 2 heterocycles. The monoisotopic (exact) mass is 142 g/mol. The summed E-state index contributed by atoms with van der Waals surface area (Å²) in [5.41, 5.74) is 1.25. The predicted molar refractivity (Wildman–Crippen MR) is 39.7 cm³/mol. The minimum absolute atomic E-state index is 0.514. The predicted octanol–water partition coefficient (Wildman–Crippen LogP) is 1.39. The highest BCUT2D eigenvalue weighted by atomic mass is 32.1. The molecule has 0 atom stereocenters. The second-order valence-electron chi connectivity index (χ2n) is 2.08. The van der Waals surface area contributed by atoms with E-state index in [4.69, 9.17) is 2.74 Å². The van der Waals surface area contributed by atoms with Crippen LogP contribution in [0.2, 0.25) is 0 Å². The Labute approximate surface area is 61.5 Å². The van der Waals surface area contributed by atoms with E-state index in [1.165, 1.54) is 10.4 Å². The summed E-state index contributed by atoms with van der Waals surface area (Å²) in [6, 6.07) is 2.06. The van der Waals surface area contributed by atoms with Crippen molar-refractivity contribution in [3.63, 3.8) is 0 Å². The summed E-state index contributed by atoms with van der Waals surface area (Å²) in [6.45, 7) is -0.524. The molecule has 1 nitrogen and oxygen atoms in total. The van der Waals surface area contributed by atoms with Crippen molar-refractivity contribution in [1.29, 1.82) is 0 Å². The van der Waals surface area contributed by atoms with E-state index in [2.05, 4.69) is 11.4 Å². The van der Waals surface area contributed by atoms with Crippen LogP contribution in [-0.4, -0.2) is 6.50 Å². The van der Waals surface area contributed by atoms with Crippen LogP contribution in [0.4, 0.5) is 0 Å². The molecular formula is C7H9NS. The van der Waals surface area contributed by atoms with Gasteiger partial charge in [0, 0.05) is 20.7 Å². The molecule has 0 saturated heterocycles. The molecule has 1 aromatic rings. The van der Waals surface area contributed by atoms with Gasteiger partial charge in [0.1, 0.15) is 0 Å². The Morgan fingerprint density at radius 3 is 3.78 bits per heavy atom. The van der Waals surface area contributed by atoms with Crippen LogP contribution < -0.4 is 5.32 Å². The van der Waals surface area contributed by atoms with Gasteiger partial charge >= 0.3 is 0 Å². The fraction of sp³-hybridized carbons (Fsp3) is 0.429. The third-order valence-corrected chi connectivity index (χ3v) is 2.45. The maximum absolute atomic E-state index is 7.46. The fourth-order valence-corrected chi connectivity index (χ4v) is 1.82. The van der Waals surface area contributed by atoms with Gasteiger partial charge in [0.2, 0.25) is 0 Å². The zero-order valence-corrected chi connectivity index (χ0v) is 5.79. The molecule has 2 rings (SSSR count). The first-order valence-corrected chi connectivity index (χ1v) is 3.86. The van der Waals surface area contributed by atoms with Gasteiger partial charge < -0.3 is 5.32 Å². The van der Waals surface area contributed by atoms with Gasteiger partial charge in [-0.15, -0.1) is 11.3 Å². The third-order valence-electron chi connectivity index (χ3n) is 1.49. The van der Waals surface area contributed by atoms with Gasteiger partial charge in [-0.1, -0.05) is 0 Å². The van der Waals surface area contributed by atoms with Gasteiger partial charge in [-0.3, -0.25) is 0 Å². The molecule has 0 unspecified atom stereocenters. The number of hydrogen-bond donors (Lipinski definition) is 1. The van der Waals surface area contributed by atoms with E-state index in [1.807, 2.05) is 5.38 Å². The van der Waals surface area contributed by atoms with Crippen molar-refractivity contribution in [3.05, 3.63) is 21.9 Å². The number of thiophene rings is 1. The molecule has 48 valence electrons. The second kappa shape index (κ2) is 2.12. The van der Waals surface area contributed by atoms with Crippen LogP contribution in [0.25, 0.3) is 0 Å². The van der Waals surface area contributed by atoms with Gasteiger partial charge in [0.05, 0.1) is 0 Å². The first-order valence-electron chi connectivity index (χ1n) is 3.98. The summed E-state index contributed by atoms with van der Waals surface area (Å²) in [7, 11) is 0. The summed E-state index contributed by atoms with van der Waals surface area (Å²) in [6.07, 6.45) is 0.514. The number of nitrogens with one attached hydrogen (secondary N) is 1. The molecule has 2 heteroatoms. The lowest BCUT2D eigenvalue weighted by Crippen LogP contribution is -2.21. The van der Waals surface area contributed by atoms with Crippen LogP contribution in [0.5, 0.6) is 0 Å². The van der Waals surface area contributed by atoms with E-state index in [1.54, 1.807) is 11.3 Å². The lowest BCUT2D eigenvalue weighted by molar-refractivity contribution is 0.653. The topological polar surface area (TPSA) is 12.0 Å². The largest absolute Gasteiger partial charge is 0.312 e. The number of fused-ring (bicyclic) bond motifs is 1. The van der Waals surface area contributed by atoms with Gasteiger partial charge in [-0.25, -0.2) is 0 Å². The van der Waals surface area contributed by atoms with Crippen LogP contribution in [0.3, 0.4) is 0 Å². The van der Waals surface area contributed by atoms with Gasteiger partial charge in [-0.05, 0) is 23.4 Å². The summed E-state index contributed by atoms with van der Waals surface area (Å²) in [5.74, 6) is 0. The van der Waals surface area contributed by atoms with Crippen molar-refractivity contribution in [2.75, 3.05) is 6.50 Å². The minimum Gasteiger partial charge on any atom is -0.312 e. The highest BCUT2D eigenvalue weighted by Crippen LogP contribution is 2.19. The normalized spacial score (nSPS) is 26.2. The first kappa shape index (κ1) is 3.74. The third kappa shape index (κ3) is 0.884. The summed E-state index contributed by atoms with van der Waals surface area (Å²) < 4.78 is 14.9. The quantitative estimate of drug-likeness (QED) is 0.540. The standard InChI is InChI=1S/C7H9NS/c1-3-8-5-6-2-4-9-7(1)6/h2,4,8H,1,3,5H2/i3+1D2. The molecule has 0 bridgehead atoms. The molecule has 0 spiro atoms. The maximum atomic E-state index is 7.46. The van der Waals surface area contributed by atoms with E-state index in [-0.39, 0.29) is 0 Å². The van der Waals surface area contributed by atoms with Gasteiger partial charge in [0.25, 0.3) is 0 Å². The summed E-state index contributed by atoms with van der Waals surface area (Å²) >= 11 is 1.65. The average molecular weight is 142 g/mol. The molecular weight excluding hydrogens is 131 g/mol. The van der Waals surface area contributed by atoms with Crippen LogP contribution in [0, 0.1) is 0 Å². The van der Waals surface area contributed by atoms with E-state index >= 15 is 0 Å². The molecule has 0 aromatic carbocycles. The van der Waals surface area contributed by atoms with Crippen molar-refractivity contribution >= 4 is 11.3 Å². The van der Waals surface area contributed by atoms with E-state index in [9.17, 15) is 0 Å². The average Bonchev–Trinajstić information content (AvgIpc) is 2.31. The van der Waals surface area contributed by atoms with E-state index in [0.29, 0.717) is 13.0 Å². The maximum Gasteiger partial charge on any atom is 0.0432 e. The Morgan fingerprint density at radius 2 is 2.78 bits per heavy atom. The molecule has 9 heavy (non-hydrogen) atoms. The lowest BCUT2D eigenvalue weighted by Gasteiger charge is -2.10. The smallest absolute Gasteiger partial charge is 0.0432 e. The summed E-state index contributed by atoms with van der Waals surface area (Å²) in [5, 5.41) is 4.86. The molecule has 0 saturated carbocycles. The van der Waals surface area contributed by atoms with Crippen LogP contribution >= 0.6 is 11.3 Å². The van der Waals surface area contributed by atoms with Crippen molar-refractivity contribution in [2.24, 2.45) is 0 Å². The SMILES string of the molecule is [2H][13C]1([2H])Cc2sccc2CN1. The second-order valence-corrected chi connectivity index (χ2v) is 3.08. The Morgan fingerprint density at radius 1 is 1.78 bits per heavy atom. The van der Waals surface area contributed by atoms with Crippen molar-refractivity contribution in [1.82, 2.24) is 5.32 Å². The first-order chi connectivity index (χ1) is 5.17. The van der Waals surface area contributed by atoms with Gasteiger partial charge in [0.15, 0.2) is 0 Å². The van der Waals surface area contributed by atoms with Crippen molar-refractivity contribution < 1.29 is 2.74 Å². The highest BCUT2D eigenvalue weighted by molar-refractivity contribution is 7.10. The Kier molecular flexibility index (Phi) is 0.880. The van der Waals surface area contributed by atoms with Crippen LogP contribution in [0.1, 0.15) is 13.2 Å². The zero-order chi connectivity index (χ0) is 7.90. The Hall–Kier alpha value is -0.340. The molecule has 0 radical (unpaired) electrons. The lowest BCUT2D eigenvalue weighted by atomic mass is 10.2. The summed E-state index contributed by atoms with van der Waals surface area (Å²) in [4.78, 5) is 1.19. The van der Waals surface area contributed by atoms with E-state index < -0.39 is 6.50 Å². The molecule has 1 aliphatic rings. The van der Waals surface area contributed by atoms with Gasteiger partial charge in [-0.2, -0.15) is 0 Å². The molecule has 0 fully saturated rings. The number of rotatable bonds is 0. The zero-order valence-electron chi connectivity index (χ0n) is 6.98. The molecule has 1 aliphatic heterocycles. The molecule has 0 amide bonds. The fourth-order valence-electron chi connectivity index (χ4n) is 0.980. The van der Waals surface area contributed by atoms with E-state index in [0.717, 1.165) is 0 Å². The minimum atomic E-state index is -1.20. The molecule has 1 N–H and O–H groups in total. The van der Waals surface area contributed by atoms with Crippen molar-refractivity contribution in [3.8, 4) is 0 Å². The Bertz CT molecular complexity index is 269. The molecule has 1 aromatic heterocycles. The highest BCUT2D eigenvalue weighted by Gasteiger charge is 2.07. The molecule has 0 aliphatic carbocycles. The van der Waals surface area contributed by atoms with Crippen molar-refractivity contribution in [2.45, 2.75) is 13.0 Å². The van der Waals surface area contributed by atoms with Crippen LogP contribution in [-0.2, 0) is 13.0 Å². The Balaban J connectivity index is 2.32.